The van der Waals surface area contributed by atoms with E-state index in [4.69, 9.17) is 25.8 Å². The van der Waals surface area contributed by atoms with Crippen molar-refractivity contribution in [1.82, 2.24) is 4.90 Å². The van der Waals surface area contributed by atoms with Crippen LogP contribution >= 0.6 is 23.4 Å². The summed E-state index contributed by atoms with van der Waals surface area (Å²) in [6.07, 6.45) is 1.73. The largest absolute Gasteiger partial charge is 0.493 e. The quantitative estimate of drug-likeness (QED) is 0.207. The minimum absolute atomic E-state index is 0.117. The summed E-state index contributed by atoms with van der Waals surface area (Å²) in [5.74, 6) is 1.36. The van der Waals surface area contributed by atoms with Crippen LogP contribution in [0.4, 0.5) is 4.79 Å². The van der Waals surface area contributed by atoms with Crippen LogP contribution in [0.3, 0.4) is 0 Å². The molecular formula is C30H24ClNO5S. The molecule has 8 heteroatoms. The van der Waals surface area contributed by atoms with Crippen LogP contribution in [0.5, 0.6) is 17.2 Å². The highest BCUT2D eigenvalue weighted by molar-refractivity contribution is 8.18. The Bertz CT molecular complexity index is 1540. The second-order valence-electron chi connectivity index (χ2n) is 8.41. The van der Waals surface area contributed by atoms with Crippen molar-refractivity contribution in [2.75, 3.05) is 20.3 Å². The van der Waals surface area contributed by atoms with Gasteiger partial charge in [-0.2, -0.15) is 0 Å². The second kappa shape index (κ2) is 11.6. The zero-order valence-electron chi connectivity index (χ0n) is 20.6. The van der Waals surface area contributed by atoms with Crippen LogP contribution in [0.2, 0.25) is 5.02 Å². The van der Waals surface area contributed by atoms with E-state index in [0.717, 1.165) is 33.7 Å². The Balaban J connectivity index is 1.38. The molecule has 38 heavy (non-hydrogen) atoms. The van der Waals surface area contributed by atoms with E-state index < -0.39 is 0 Å². The standard InChI is InChI=1S/C30H24ClNO5S/c1-35-26-12-6-7-13-27(26)36-17-16-32-29(33)28(38-30(32)34)18-23-22-10-4-2-8-20(22)14-15-25(23)37-19-21-9-3-5-11-24(21)31/h2-15,18H,16-17,19H2,1H3/b28-18-. The van der Waals surface area contributed by atoms with Crippen LogP contribution in [0.1, 0.15) is 11.1 Å². The number of halogens is 1. The topological polar surface area (TPSA) is 65.1 Å². The van der Waals surface area contributed by atoms with Crippen LogP contribution in [0, 0.1) is 0 Å². The van der Waals surface area contributed by atoms with Crippen LogP contribution in [-0.4, -0.2) is 36.3 Å². The van der Waals surface area contributed by atoms with Crippen molar-refractivity contribution in [3.8, 4) is 17.2 Å². The molecule has 0 atom stereocenters. The molecule has 6 nitrogen and oxygen atoms in total. The van der Waals surface area contributed by atoms with E-state index in [2.05, 4.69) is 0 Å². The molecule has 4 aromatic rings. The summed E-state index contributed by atoms with van der Waals surface area (Å²) >= 11 is 7.22. The number of fused-ring (bicyclic) bond motifs is 1. The van der Waals surface area contributed by atoms with Gasteiger partial charge in [0.05, 0.1) is 18.6 Å². The Morgan fingerprint density at radius 3 is 2.39 bits per heavy atom. The number of hydrogen-bond acceptors (Lipinski definition) is 6. The van der Waals surface area contributed by atoms with Crippen molar-refractivity contribution >= 4 is 51.4 Å². The number of amides is 2. The van der Waals surface area contributed by atoms with Crippen molar-refractivity contribution in [2.45, 2.75) is 6.61 Å². The molecule has 1 saturated heterocycles. The third kappa shape index (κ3) is 5.49. The number of carbonyl (C=O) groups excluding carboxylic acids is 2. The molecule has 1 heterocycles. The van der Waals surface area contributed by atoms with E-state index in [1.54, 1.807) is 25.3 Å². The molecule has 2 amide bonds. The first-order chi connectivity index (χ1) is 18.5. The van der Waals surface area contributed by atoms with E-state index in [1.165, 1.54) is 4.90 Å². The lowest BCUT2D eigenvalue weighted by Gasteiger charge is -2.15. The average Bonchev–Trinajstić information content (AvgIpc) is 3.21. The number of benzene rings is 4. The van der Waals surface area contributed by atoms with Gasteiger partial charge in [-0.05, 0) is 52.9 Å². The Kier molecular flexibility index (Phi) is 7.86. The number of ether oxygens (including phenoxy) is 3. The molecular weight excluding hydrogens is 522 g/mol. The maximum absolute atomic E-state index is 13.2. The van der Waals surface area contributed by atoms with Crippen molar-refractivity contribution in [2.24, 2.45) is 0 Å². The normalized spacial score (nSPS) is 14.4. The molecule has 0 bridgehead atoms. The predicted octanol–water partition coefficient (Wildman–Crippen LogP) is 7.20. The number of nitrogens with zero attached hydrogens (tertiary/aromatic N) is 1. The van der Waals surface area contributed by atoms with Gasteiger partial charge in [0, 0.05) is 16.1 Å². The van der Waals surface area contributed by atoms with Crippen molar-refractivity contribution < 1.29 is 23.8 Å². The van der Waals surface area contributed by atoms with E-state index in [9.17, 15) is 9.59 Å². The maximum atomic E-state index is 13.2. The molecule has 1 fully saturated rings. The molecule has 4 aromatic carbocycles. The molecule has 5 rings (SSSR count). The van der Waals surface area contributed by atoms with Gasteiger partial charge in [0.15, 0.2) is 11.5 Å². The monoisotopic (exact) mass is 545 g/mol. The maximum Gasteiger partial charge on any atom is 0.293 e. The summed E-state index contributed by atoms with van der Waals surface area (Å²) in [6, 6.07) is 26.4. The summed E-state index contributed by atoms with van der Waals surface area (Å²) in [7, 11) is 1.56. The van der Waals surface area contributed by atoms with Crippen LogP contribution in [0.25, 0.3) is 16.8 Å². The Hall–Kier alpha value is -3.94. The van der Waals surface area contributed by atoms with Crippen molar-refractivity contribution in [3.63, 3.8) is 0 Å². The Labute approximate surface area is 229 Å². The van der Waals surface area contributed by atoms with Gasteiger partial charge in [0.1, 0.15) is 19.0 Å². The summed E-state index contributed by atoms with van der Waals surface area (Å²) < 4.78 is 17.2. The third-order valence-electron chi connectivity index (χ3n) is 6.06. The molecule has 0 spiro atoms. The first-order valence-corrected chi connectivity index (χ1v) is 13.1. The summed E-state index contributed by atoms with van der Waals surface area (Å²) in [6.45, 7) is 0.526. The molecule has 0 N–H and O–H groups in total. The van der Waals surface area contributed by atoms with Gasteiger partial charge >= 0.3 is 0 Å². The highest BCUT2D eigenvalue weighted by Gasteiger charge is 2.35. The fourth-order valence-corrected chi connectivity index (χ4v) is 5.17. The lowest BCUT2D eigenvalue weighted by Crippen LogP contribution is -2.32. The van der Waals surface area contributed by atoms with Crippen LogP contribution in [-0.2, 0) is 11.4 Å². The van der Waals surface area contributed by atoms with Gasteiger partial charge in [-0.15, -0.1) is 0 Å². The van der Waals surface area contributed by atoms with Gasteiger partial charge in [0.2, 0.25) is 0 Å². The zero-order valence-corrected chi connectivity index (χ0v) is 22.1. The molecule has 0 aliphatic carbocycles. The van der Waals surface area contributed by atoms with Crippen molar-refractivity contribution in [3.05, 3.63) is 106 Å². The Morgan fingerprint density at radius 2 is 1.58 bits per heavy atom. The number of thioether (sulfide) groups is 1. The predicted molar refractivity (Wildman–Crippen MR) is 151 cm³/mol. The van der Waals surface area contributed by atoms with Crippen LogP contribution < -0.4 is 14.2 Å². The first-order valence-electron chi connectivity index (χ1n) is 11.9. The fourth-order valence-electron chi connectivity index (χ4n) is 4.13. The molecule has 1 aliphatic heterocycles. The van der Waals surface area contributed by atoms with Gasteiger partial charge in [-0.3, -0.25) is 14.5 Å². The molecule has 0 saturated carbocycles. The highest BCUT2D eigenvalue weighted by atomic mass is 35.5. The summed E-state index contributed by atoms with van der Waals surface area (Å²) in [4.78, 5) is 27.5. The number of imide groups is 1. The van der Waals surface area contributed by atoms with Gasteiger partial charge in [0.25, 0.3) is 11.1 Å². The number of rotatable bonds is 9. The van der Waals surface area contributed by atoms with E-state index in [-0.39, 0.29) is 30.9 Å². The van der Waals surface area contributed by atoms with Gasteiger partial charge in [-0.25, -0.2) is 0 Å². The fraction of sp³-hybridized carbons (Fsp3) is 0.133. The van der Waals surface area contributed by atoms with Crippen LogP contribution in [0.15, 0.2) is 89.8 Å². The highest BCUT2D eigenvalue weighted by Crippen LogP contribution is 2.37. The van der Waals surface area contributed by atoms with E-state index in [0.29, 0.717) is 27.2 Å². The minimum atomic E-state index is -0.367. The molecule has 0 unspecified atom stereocenters. The van der Waals surface area contributed by atoms with E-state index >= 15 is 0 Å². The summed E-state index contributed by atoms with van der Waals surface area (Å²) in [5.41, 5.74) is 1.58. The first kappa shape index (κ1) is 25.7. The van der Waals surface area contributed by atoms with Crippen molar-refractivity contribution in [1.29, 1.82) is 0 Å². The zero-order chi connectivity index (χ0) is 26.5. The smallest absolute Gasteiger partial charge is 0.293 e. The number of carbonyl (C=O) groups is 2. The molecule has 0 radical (unpaired) electrons. The lowest BCUT2D eigenvalue weighted by molar-refractivity contribution is -0.123. The molecule has 192 valence electrons. The SMILES string of the molecule is COc1ccccc1OCCN1C(=O)S/C(=C\c2c(OCc3ccccc3Cl)ccc3ccccc23)C1=O. The average molecular weight is 546 g/mol. The lowest BCUT2D eigenvalue weighted by atomic mass is 10.0. The number of para-hydroxylation sites is 2. The summed E-state index contributed by atoms with van der Waals surface area (Å²) in [5, 5.41) is 2.18. The molecule has 0 aromatic heterocycles. The van der Waals surface area contributed by atoms with E-state index in [1.807, 2.05) is 72.8 Å². The minimum Gasteiger partial charge on any atom is -0.493 e. The Morgan fingerprint density at radius 1 is 0.842 bits per heavy atom. The second-order valence-corrected chi connectivity index (χ2v) is 9.81. The number of methoxy groups -OCH3 is 1. The third-order valence-corrected chi connectivity index (χ3v) is 7.34. The molecule has 1 aliphatic rings. The number of hydrogen-bond donors (Lipinski definition) is 0. The van der Waals surface area contributed by atoms with Gasteiger partial charge in [-0.1, -0.05) is 72.3 Å². The van der Waals surface area contributed by atoms with Gasteiger partial charge < -0.3 is 14.2 Å².